The van der Waals surface area contributed by atoms with Crippen LogP contribution in [0.5, 0.6) is 0 Å². The molecule has 0 spiro atoms. The molecule has 2 atom stereocenters. The van der Waals surface area contributed by atoms with Gasteiger partial charge in [0.25, 0.3) is 0 Å². The van der Waals surface area contributed by atoms with Crippen LogP contribution in [0, 0.1) is 10.8 Å². The maximum atomic E-state index is 11.0. The molecule has 0 radical (unpaired) electrons. The normalized spacial score (nSPS) is 17.4. The van der Waals surface area contributed by atoms with E-state index in [1.165, 1.54) is 0 Å². The molecule has 0 saturated heterocycles. The van der Waals surface area contributed by atoms with Crippen molar-refractivity contribution in [3.05, 3.63) is 0 Å². The van der Waals surface area contributed by atoms with Crippen molar-refractivity contribution in [2.45, 2.75) is 40.5 Å². The first-order chi connectivity index (χ1) is 7.61. The predicted molar refractivity (Wildman–Crippen MR) is 63.1 cm³/mol. The molecule has 0 aliphatic rings. The second-order valence-corrected chi connectivity index (χ2v) is 3.57. The van der Waals surface area contributed by atoms with Gasteiger partial charge in [-0.3, -0.25) is 0 Å². The third-order valence-corrected chi connectivity index (χ3v) is 3.27. The zero-order chi connectivity index (χ0) is 13.2. The van der Waals surface area contributed by atoms with E-state index in [2.05, 4.69) is 0 Å². The lowest BCUT2D eigenvalue weighted by molar-refractivity contribution is -0.144. The molecular weight excluding hydrogens is 208 g/mol. The molecule has 0 bridgehead atoms. The number of aliphatic hydroxyl groups excluding tert-OH is 2. The molecule has 2 N–H and O–H groups in total. The Morgan fingerprint density at radius 1 is 0.875 bits per heavy atom. The summed E-state index contributed by atoms with van der Waals surface area (Å²) in [5.41, 5.74) is -2.31. The van der Waals surface area contributed by atoms with Gasteiger partial charge in [-0.15, -0.1) is 0 Å². The maximum Gasteiger partial charge on any atom is 0.129 e. The van der Waals surface area contributed by atoms with Crippen LogP contribution >= 0.6 is 0 Å². The summed E-state index contributed by atoms with van der Waals surface area (Å²) in [5, 5.41) is 18.4. The van der Waals surface area contributed by atoms with E-state index in [0.29, 0.717) is 25.4 Å². The molecule has 2 unspecified atom stereocenters. The van der Waals surface area contributed by atoms with E-state index in [9.17, 15) is 19.8 Å². The third-order valence-electron chi connectivity index (χ3n) is 3.27. The highest BCUT2D eigenvalue weighted by atomic mass is 16.3. The number of aliphatic hydroxyl groups is 2. The van der Waals surface area contributed by atoms with Gasteiger partial charge >= 0.3 is 0 Å². The minimum absolute atomic E-state index is 0.333. The Labute approximate surface area is 97.7 Å². The molecule has 4 heteroatoms. The predicted octanol–water partition coefficient (Wildman–Crippen LogP) is 1.19. The molecule has 4 nitrogen and oxygen atoms in total. The fourth-order valence-corrected chi connectivity index (χ4v) is 1.72. The highest BCUT2D eigenvalue weighted by Gasteiger charge is 2.48. The molecule has 96 valence electrons. The van der Waals surface area contributed by atoms with Gasteiger partial charge in [-0.1, -0.05) is 27.7 Å². The lowest BCUT2D eigenvalue weighted by Gasteiger charge is -2.40. The van der Waals surface area contributed by atoms with Crippen LogP contribution in [0.2, 0.25) is 0 Å². The van der Waals surface area contributed by atoms with E-state index in [-0.39, 0.29) is 0 Å². The Morgan fingerprint density at radius 2 is 1.12 bits per heavy atom. The van der Waals surface area contributed by atoms with Gasteiger partial charge in [0.1, 0.15) is 12.6 Å². The van der Waals surface area contributed by atoms with Gasteiger partial charge in [-0.2, -0.15) is 0 Å². The van der Waals surface area contributed by atoms with Gasteiger partial charge < -0.3 is 19.8 Å². The van der Waals surface area contributed by atoms with Crippen molar-refractivity contribution >= 4 is 12.6 Å². The molecule has 0 aliphatic carbocycles. The Kier molecular flexibility index (Phi) is 9.28. The zero-order valence-electron chi connectivity index (χ0n) is 10.7. The van der Waals surface area contributed by atoms with Gasteiger partial charge in [0, 0.05) is 0 Å². The quantitative estimate of drug-likeness (QED) is 0.646. The van der Waals surface area contributed by atoms with Gasteiger partial charge in [0.2, 0.25) is 0 Å². The number of hydrogen-bond donors (Lipinski definition) is 2. The highest BCUT2D eigenvalue weighted by Crippen LogP contribution is 2.41. The molecule has 0 heterocycles. The molecule has 0 amide bonds. The van der Waals surface area contributed by atoms with Crippen molar-refractivity contribution in [1.29, 1.82) is 0 Å². The van der Waals surface area contributed by atoms with Gasteiger partial charge in [-0.05, 0) is 12.8 Å². The summed E-state index contributed by atoms with van der Waals surface area (Å²) in [6, 6.07) is 0. The second-order valence-electron chi connectivity index (χ2n) is 3.57. The number of carbonyl (C=O) groups is 2. The monoisotopic (exact) mass is 232 g/mol. The SMILES string of the molecule is CC.CCC(C=O)(CO)C(C=O)(CC)CO. The van der Waals surface area contributed by atoms with Crippen LogP contribution in [0.3, 0.4) is 0 Å². The zero-order valence-corrected chi connectivity index (χ0v) is 10.7. The number of rotatable bonds is 7. The number of aldehydes is 2. The van der Waals surface area contributed by atoms with Crippen LogP contribution in [-0.4, -0.2) is 36.0 Å². The van der Waals surface area contributed by atoms with Crippen LogP contribution in [0.25, 0.3) is 0 Å². The standard InChI is InChI=1S/C10H18O4.C2H6/c1-3-9(5-11,6-12)10(4-2,7-13)8-14;1-2/h5,7,12,14H,3-4,6,8H2,1-2H3;1-2H3. The average molecular weight is 232 g/mol. The Hall–Kier alpha value is -0.740. The molecule has 0 saturated carbocycles. The molecule has 0 aromatic rings. The molecule has 0 aliphatic heterocycles. The Bertz CT molecular complexity index is 171. The van der Waals surface area contributed by atoms with Crippen molar-refractivity contribution in [2.75, 3.05) is 13.2 Å². The second kappa shape index (κ2) is 8.42. The number of carbonyl (C=O) groups excluding carboxylic acids is 2. The van der Waals surface area contributed by atoms with Crippen LogP contribution in [0.4, 0.5) is 0 Å². The average Bonchev–Trinajstić information content (AvgIpc) is 2.39. The summed E-state index contributed by atoms with van der Waals surface area (Å²) in [5.74, 6) is 0. The summed E-state index contributed by atoms with van der Waals surface area (Å²) in [6.07, 6.45) is 1.84. The fourth-order valence-electron chi connectivity index (χ4n) is 1.72. The van der Waals surface area contributed by atoms with Gasteiger partial charge in [0.15, 0.2) is 0 Å². The largest absolute Gasteiger partial charge is 0.395 e. The van der Waals surface area contributed by atoms with Crippen LogP contribution in [0.1, 0.15) is 40.5 Å². The maximum absolute atomic E-state index is 11.0. The highest BCUT2D eigenvalue weighted by molar-refractivity contribution is 5.73. The van der Waals surface area contributed by atoms with E-state index in [0.717, 1.165) is 0 Å². The minimum Gasteiger partial charge on any atom is -0.395 e. The van der Waals surface area contributed by atoms with Crippen molar-refractivity contribution in [3.63, 3.8) is 0 Å². The molecule has 0 aromatic carbocycles. The van der Waals surface area contributed by atoms with E-state index in [1.807, 2.05) is 13.8 Å². The molecule has 0 rings (SSSR count). The lowest BCUT2D eigenvalue weighted by Crippen LogP contribution is -2.49. The van der Waals surface area contributed by atoms with Crippen molar-refractivity contribution in [1.82, 2.24) is 0 Å². The summed E-state index contributed by atoms with van der Waals surface area (Å²) < 4.78 is 0. The summed E-state index contributed by atoms with van der Waals surface area (Å²) in [7, 11) is 0. The Balaban J connectivity index is 0. The van der Waals surface area contributed by atoms with E-state index >= 15 is 0 Å². The first-order valence-corrected chi connectivity index (χ1v) is 5.76. The van der Waals surface area contributed by atoms with Crippen LogP contribution in [-0.2, 0) is 9.59 Å². The summed E-state index contributed by atoms with van der Waals surface area (Å²) >= 11 is 0. The summed E-state index contributed by atoms with van der Waals surface area (Å²) in [6.45, 7) is 6.60. The van der Waals surface area contributed by atoms with E-state index in [1.54, 1.807) is 13.8 Å². The number of hydrogen-bond acceptors (Lipinski definition) is 4. The smallest absolute Gasteiger partial charge is 0.129 e. The minimum atomic E-state index is -1.15. The molecule has 0 fully saturated rings. The molecule has 0 aromatic heterocycles. The molecular formula is C12H24O4. The van der Waals surface area contributed by atoms with Crippen LogP contribution in [0.15, 0.2) is 0 Å². The van der Waals surface area contributed by atoms with Crippen LogP contribution < -0.4 is 0 Å². The first kappa shape index (κ1) is 17.6. The van der Waals surface area contributed by atoms with Gasteiger partial charge in [0.05, 0.1) is 24.0 Å². The molecule has 16 heavy (non-hydrogen) atoms. The lowest BCUT2D eigenvalue weighted by atomic mass is 9.62. The van der Waals surface area contributed by atoms with Crippen molar-refractivity contribution < 1.29 is 19.8 Å². The van der Waals surface area contributed by atoms with Gasteiger partial charge in [-0.25, -0.2) is 0 Å². The summed E-state index contributed by atoms with van der Waals surface area (Å²) in [4.78, 5) is 22.0. The van der Waals surface area contributed by atoms with Crippen molar-refractivity contribution in [3.8, 4) is 0 Å². The topological polar surface area (TPSA) is 74.6 Å². The third kappa shape index (κ3) is 2.89. The van der Waals surface area contributed by atoms with Crippen molar-refractivity contribution in [2.24, 2.45) is 10.8 Å². The first-order valence-electron chi connectivity index (χ1n) is 5.76. The fraction of sp³-hybridized carbons (Fsp3) is 0.833. The Morgan fingerprint density at radius 3 is 1.19 bits per heavy atom. The van der Waals surface area contributed by atoms with E-state index < -0.39 is 24.0 Å². The van der Waals surface area contributed by atoms with E-state index in [4.69, 9.17) is 0 Å².